The molecule has 0 heterocycles. The van der Waals surface area contributed by atoms with Gasteiger partial charge < -0.3 is 9.57 Å². The number of rotatable bonds is 8. The van der Waals surface area contributed by atoms with Crippen LogP contribution in [0.3, 0.4) is 0 Å². The second-order valence-electron chi connectivity index (χ2n) is 5.85. The number of nitro groups is 1. The van der Waals surface area contributed by atoms with Gasteiger partial charge in [0.1, 0.15) is 19.0 Å². The summed E-state index contributed by atoms with van der Waals surface area (Å²) in [5, 5.41) is 15.4. The van der Waals surface area contributed by atoms with E-state index in [1.807, 2.05) is 48.5 Å². The summed E-state index contributed by atoms with van der Waals surface area (Å²) in [5.41, 5.74) is 2.31. The summed E-state index contributed by atoms with van der Waals surface area (Å²) in [7, 11) is 0. The molecule has 6 nitrogen and oxygen atoms in total. The Bertz CT molecular complexity index is 991. The summed E-state index contributed by atoms with van der Waals surface area (Å²) >= 11 is 6.15. The summed E-state index contributed by atoms with van der Waals surface area (Å²) in [6.07, 6.45) is 1.54. The van der Waals surface area contributed by atoms with E-state index in [1.165, 1.54) is 12.1 Å². The smallest absolute Gasteiger partial charge is 0.269 e. The highest BCUT2D eigenvalue weighted by Gasteiger charge is 2.06. The van der Waals surface area contributed by atoms with Crippen LogP contribution in [0.25, 0.3) is 0 Å². The molecule has 3 aromatic rings. The molecule has 0 unspecified atom stereocenters. The van der Waals surface area contributed by atoms with E-state index in [4.69, 9.17) is 21.2 Å². The molecule has 0 spiro atoms. The molecular formula is C21H17ClN2O4. The third-order valence-corrected chi connectivity index (χ3v) is 4.25. The van der Waals surface area contributed by atoms with Crippen LogP contribution in [-0.2, 0) is 18.1 Å². The zero-order valence-electron chi connectivity index (χ0n) is 14.8. The molecular weight excluding hydrogens is 380 g/mol. The Kier molecular flexibility index (Phi) is 6.59. The first-order valence-electron chi connectivity index (χ1n) is 8.47. The van der Waals surface area contributed by atoms with Crippen molar-refractivity contribution in [1.29, 1.82) is 0 Å². The normalized spacial score (nSPS) is 10.8. The maximum Gasteiger partial charge on any atom is 0.269 e. The lowest BCUT2D eigenvalue weighted by Gasteiger charge is -2.10. The number of hydrogen-bond donors (Lipinski definition) is 0. The molecule has 0 amide bonds. The fourth-order valence-corrected chi connectivity index (χ4v) is 2.65. The summed E-state index contributed by atoms with van der Waals surface area (Å²) in [6, 6.07) is 21.1. The van der Waals surface area contributed by atoms with Crippen LogP contribution in [0.4, 0.5) is 5.69 Å². The highest BCUT2D eigenvalue weighted by molar-refractivity contribution is 6.31. The fourth-order valence-electron chi connectivity index (χ4n) is 2.46. The SMILES string of the molecule is O=[N+]([O-])c1cccc(CO/N=C\c2ccccc2OCc2ccccc2Cl)c1. The van der Waals surface area contributed by atoms with E-state index in [0.717, 1.165) is 11.1 Å². The van der Waals surface area contributed by atoms with Gasteiger partial charge in [0.15, 0.2) is 0 Å². The predicted molar refractivity (Wildman–Crippen MR) is 108 cm³/mol. The first-order valence-corrected chi connectivity index (χ1v) is 8.85. The molecule has 142 valence electrons. The molecule has 0 aliphatic heterocycles. The van der Waals surface area contributed by atoms with Gasteiger partial charge in [0, 0.05) is 28.3 Å². The van der Waals surface area contributed by atoms with Crippen LogP contribution in [0.1, 0.15) is 16.7 Å². The second kappa shape index (κ2) is 9.53. The van der Waals surface area contributed by atoms with Crippen LogP contribution in [0.2, 0.25) is 5.02 Å². The molecule has 0 fully saturated rings. The van der Waals surface area contributed by atoms with Gasteiger partial charge in [0.05, 0.1) is 11.1 Å². The van der Waals surface area contributed by atoms with Crippen LogP contribution in [0.5, 0.6) is 5.75 Å². The molecule has 0 saturated heterocycles. The number of hydrogen-bond acceptors (Lipinski definition) is 5. The Morgan fingerprint density at radius 1 is 1.00 bits per heavy atom. The van der Waals surface area contributed by atoms with Crippen molar-refractivity contribution in [2.45, 2.75) is 13.2 Å². The molecule has 7 heteroatoms. The van der Waals surface area contributed by atoms with Crippen molar-refractivity contribution in [1.82, 2.24) is 0 Å². The Labute approximate surface area is 167 Å². The summed E-state index contributed by atoms with van der Waals surface area (Å²) in [5.74, 6) is 0.644. The number of non-ortho nitro benzene ring substituents is 1. The average molecular weight is 397 g/mol. The number of halogens is 1. The highest BCUT2D eigenvalue weighted by atomic mass is 35.5. The molecule has 0 aliphatic carbocycles. The lowest BCUT2D eigenvalue weighted by molar-refractivity contribution is -0.384. The number of benzene rings is 3. The molecule has 0 aliphatic rings. The monoisotopic (exact) mass is 396 g/mol. The molecule has 0 atom stereocenters. The number of para-hydroxylation sites is 1. The zero-order valence-corrected chi connectivity index (χ0v) is 15.6. The lowest BCUT2D eigenvalue weighted by Crippen LogP contribution is -1.99. The van der Waals surface area contributed by atoms with Gasteiger partial charge >= 0.3 is 0 Å². The van der Waals surface area contributed by atoms with Gasteiger partial charge in [0.25, 0.3) is 5.69 Å². The third-order valence-electron chi connectivity index (χ3n) is 3.88. The van der Waals surface area contributed by atoms with Gasteiger partial charge in [-0.15, -0.1) is 0 Å². The van der Waals surface area contributed by atoms with Crippen LogP contribution in [0.15, 0.2) is 78.0 Å². The maximum absolute atomic E-state index is 10.8. The van der Waals surface area contributed by atoms with Crippen molar-refractivity contribution in [2.24, 2.45) is 5.16 Å². The first-order chi connectivity index (χ1) is 13.6. The lowest BCUT2D eigenvalue weighted by atomic mass is 10.2. The number of nitrogens with zero attached hydrogens (tertiary/aromatic N) is 2. The minimum Gasteiger partial charge on any atom is -0.488 e. The zero-order chi connectivity index (χ0) is 19.8. The van der Waals surface area contributed by atoms with Crippen molar-refractivity contribution >= 4 is 23.5 Å². The van der Waals surface area contributed by atoms with Crippen LogP contribution >= 0.6 is 11.6 Å². The molecule has 3 aromatic carbocycles. The minimum atomic E-state index is -0.445. The fraction of sp³-hybridized carbons (Fsp3) is 0.0952. The van der Waals surface area contributed by atoms with Crippen molar-refractivity contribution in [3.05, 3.63) is 105 Å². The van der Waals surface area contributed by atoms with Gasteiger partial charge in [0.2, 0.25) is 0 Å². The van der Waals surface area contributed by atoms with E-state index in [-0.39, 0.29) is 12.3 Å². The van der Waals surface area contributed by atoms with Crippen molar-refractivity contribution in [2.75, 3.05) is 0 Å². The molecule has 3 rings (SSSR count). The Morgan fingerprint density at radius 3 is 2.61 bits per heavy atom. The van der Waals surface area contributed by atoms with Gasteiger partial charge in [-0.3, -0.25) is 10.1 Å². The maximum atomic E-state index is 10.8. The predicted octanol–water partition coefficient (Wildman–Crippen LogP) is 5.38. The van der Waals surface area contributed by atoms with Gasteiger partial charge in [-0.25, -0.2) is 0 Å². The van der Waals surface area contributed by atoms with Crippen molar-refractivity contribution in [3.8, 4) is 5.75 Å². The topological polar surface area (TPSA) is 74.0 Å². The van der Waals surface area contributed by atoms with Crippen LogP contribution in [-0.4, -0.2) is 11.1 Å². The van der Waals surface area contributed by atoms with E-state index in [9.17, 15) is 10.1 Å². The third kappa shape index (κ3) is 5.31. The Morgan fingerprint density at radius 2 is 1.79 bits per heavy atom. The van der Waals surface area contributed by atoms with Crippen molar-refractivity contribution in [3.63, 3.8) is 0 Å². The quantitative estimate of drug-likeness (QED) is 0.291. The van der Waals surface area contributed by atoms with Crippen LogP contribution in [0, 0.1) is 10.1 Å². The van der Waals surface area contributed by atoms with Gasteiger partial charge in [-0.2, -0.15) is 0 Å². The first kappa shape index (κ1) is 19.4. The van der Waals surface area contributed by atoms with E-state index < -0.39 is 4.92 Å². The standard InChI is InChI=1S/C21H17ClN2O4/c22-20-10-3-1-8-18(20)15-27-21-11-4-2-7-17(21)13-23-28-14-16-6-5-9-19(12-16)24(25)26/h1-13H,14-15H2/b23-13-. The van der Waals surface area contributed by atoms with E-state index in [0.29, 0.717) is 22.9 Å². The number of ether oxygens (including phenoxy) is 1. The minimum absolute atomic E-state index is 0.0170. The largest absolute Gasteiger partial charge is 0.488 e. The molecule has 0 saturated carbocycles. The number of oxime groups is 1. The highest BCUT2D eigenvalue weighted by Crippen LogP contribution is 2.21. The number of nitro benzene ring substituents is 1. The summed E-state index contributed by atoms with van der Waals surface area (Å²) in [4.78, 5) is 15.6. The Balaban J connectivity index is 1.60. The Hall–Kier alpha value is -3.38. The van der Waals surface area contributed by atoms with Crippen molar-refractivity contribution < 1.29 is 14.5 Å². The van der Waals surface area contributed by atoms with Crippen LogP contribution < -0.4 is 4.74 Å². The van der Waals surface area contributed by atoms with E-state index >= 15 is 0 Å². The van der Waals surface area contributed by atoms with Gasteiger partial charge in [-0.05, 0) is 23.8 Å². The summed E-state index contributed by atoms with van der Waals surface area (Å²) in [6.45, 7) is 0.458. The molecule has 0 bridgehead atoms. The molecule has 0 aromatic heterocycles. The van der Waals surface area contributed by atoms with E-state index in [2.05, 4.69) is 5.16 Å². The van der Waals surface area contributed by atoms with Gasteiger partial charge in [-0.1, -0.05) is 59.2 Å². The molecule has 0 N–H and O–H groups in total. The molecule has 28 heavy (non-hydrogen) atoms. The van der Waals surface area contributed by atoms with E-state index in [1.54, 1.807) is 18.3 Å². The second-order valence-corrected chi connectivity index (χ2v) is 6.26. The molecule has 0 radical (unpaired) electrons. The average Bonchev–Trinajstić information content (AvgIpc) is 2.71. The summed E-state index contributed by atoms with van der Waals surface area (Å²) < 4.78 is 5.86.